The van der Waals surface area contributed by atoms with E-state index < -0.39 is 5.97 Å². The van der Waals surface area contributed by atoms with Crippen LogP contribution in [0.1, 0.15) is 21.1 Å². The van der Waals surface area contributed by atoms with E-state index in [-0.39, 0.29) is 10.7 Å². The molecule has 2 aromatic heterocycles. The zero-order chi connectivity index (χ0) is 12.3. The van der Waals surface area contributed by atoms with Crippen LogP contribution in [0.3, 0.4) is 0 Å². The van der Waals surface area contributed by atoms with Crippen LogP contribution < -0.4 is 0 Å². The maximum absolute atomic E-state index is 11.3. The summed E-state index contributed by atoms with van der Waals surface area (Å²) in [6, 6.07) is 3.96. The third-order valence-electron chi connectivity index (χ3n) is 2.11. The van der Waals surface area contributed by atoms with Crippen LogP contribution in [0, 0.1) is 0 Å². The first-order valence-electron chi connectivity index (χ1n) is 4.83. The molecule has 0 atom stereocenters. The van der Waals surface area contributed by atoms with Crippen LogP contribution >= 0.6 is 22.9 Å². The third-order valence-corrected chi connectivity index (χ3v) is 3.27. The molecule has 2 heterocycles. The summed E-state index contributed by atoms with van der Waals surface area (Å²) in [5.41, 5.74) is 0.184. The van der Waals surface area contributed by atoms with Crippen molar-refractivity contribution in [3.63, 3.8) is 0 Å². The Hall–Kier alpha value is -1.46. The molecule has 0 bridgehead atoms. The largest absolute Gasteiger partial charge is 0.465 e. The average molecular weight is 269 g/mol. The van der Waals surface area contributed by atoms with E-state index in [1.807, 2.05) is 17.5 Å². The molecule has 6 heteroatoms. The number of carbonyl (C=O) groups excluding carboxylic acids is 1. The van der Waals surface area contributed by atoms with Gasteiger partial charge in [-0.1, -0.05) is 17.7 Å². The lowest BCUT2D eigenvalue weighted by atomic mass is 10.3. The number of hydrogen-bond acceptors (Lipinski definition) is 5. The first-order valence-corrected chi connectivity index (χ1v) is 6.08. The molecule has 17 heavy (non-hydrogen) atoms. The van der Waals surface area contributed by atoms with Crippen molar-refractivity contribution in [3.8, 4) is 0 Å². The number of hydrogen-bond donors (Lipinski definition) is 0. The predicted octanol–water partition coefficient (Wildman–Crippen LogP) is 2.57. The second kappa shape index (κ2) is 5.25. The molecule has 0 spiro atoms. The monoisotopic (exact) mass is 268 g/mol. The minimum atomic E-state index is -0.530. The molecule has 0 unspecified atom stereocenters. The Morgan fingerprint density at radius 1 is 1.59 bits per heavy atom. The van der Waals surface area contributed by atoms with Crippen LogP contribution in [0.15, 0.2) is 23.7 Å². The Labute approximate surface area is 107 Å². The molecular weight excluding hydrogens is 260 g/mol. The van der Waals surface area contributed by atoms with E-state index in [1.165, 1.54) is 13.3 Å². The van der Waals surface area contributed by atoms with Gasteiger partial charge in [0.05, 0.1) is 7.11 Å². The molecule has 0 aromatic carbocycles. The molecule has 2 rings (SSSR count). The maximum atomic E-state index is 11.3. The van der Waals surface area contributed by atoms with E-state index in [1.54, 1.807) is 11.3 Å². The zero-order valence-electron chi connectivity index (χ0n) is 9.01. The highest BCUT2D eigenvalue weighted by atomic mass is 35.5. The topological polar surface area (TPSA) is 52.1 Å². The molecule has 0 radical (unpaired) electrons. The van der Waals surface area contributed by atoms with Gasteiger partial charge in [0.15, 0.2) is 0 Å². The fourth-order valence-electron chi connectivity index (χ4n) is 1.30. The standard InChI is InChI=1S/C11H9ClN2O2S/c1-16-11(15)8-6-13-9(14-10(8)12)5-7-3-2-4-17-7/h2-4,6H,5H2,1H3. The number of halogens is 1. The SMILES string of the molecule is COC(=O)c1cnc(Cc2cccs2)nc1Cl. The van der Waals surface area contributed by atoms with Gasteiger partial charge in [-0.25, -0.2) is 14.8 Å². The van der Waals surface area contributed by atoms with Crippen molar-refractivity contribution >= 4 is 28.9 Å². The smallest absolute Gasteiger partial charge is 0.342 e. The number of aromatic nitrogens is 2. The zero-order valence-corrected chi connectivity index (χ0v) is 10.6. The lowest BCUT2D eigenvalue weighted by Crippen LogP contribution is -2.06. The number of ether oxygens (including phenoxy) is 1. The number of thiophene rings is 1. The minimum Gasteiger partial charge on any atom is -0.465 e. The highest BCUT2D eigenvalue weighted by Gasteiger charge is 2.13. The van der Waals surface area contributed by atoms with Crippen molar-refractivity contribution in [1.29, 1.82) is 0 Å². The molecule has 0 aliphatic carbocycles. The minimum absolute atomic E-state index is 0.124. The van der Waals surface area contributed by atoms with E-state index in [2.05, 4.69) is 14.7 Å². The number of rotatable bonds is 3. The first-order chi connectivity index (χ1) is 8.20. The van der Waals surface area contributed by atoms with Gasteiger partial charge in [0.25, 0.3) is 0 Å². The van der Waals surface area contributed by atoms with Gasteiger partial charge in [0.2, 0.25) is 0 Å². The van der Waals surface area contributed by atoms with Crippen LogP contribution in [-0.2, 0) is 11.2 Å². The molecule has 0 saturated carbocycles. The Kier molecular flexibility index (Phi) is 3.71. The Bertz CT molecular complexity index is 528. The highest BCUT2D eigenvalue weighted by molar-refractivity contribution is 7.09. The highest BCUT2D eigenvalue weighted by Crippen LogP contribution is 2.16. The average Bonchev–Trinajstić information content (AvgIpc) is 2.81. The summed E-state index contributed by atoms with van der Waals surface area (Å²) in [6.07, 6.45) is 2.00. The van der Waals surface area contributed by atoms with Crippen LogP contribution in [-0.4, -0.2) is 23.0 Å². The quantitative estimate of drug-likeness (QED) is 0.634. The van der Waals surface area contributed by atoms with Gasteiger partial charge in [0.1, 0.15) is 16.5 Å². The van der Waals surface area contributed by atoms with Crippen LogP contribution in [0.5, 0.6) is 0 Å². The molecule has 88 valence electrons. The van der Waals surface area contributed by atoms with Gasteiger partial charge in [-0.2, -0.15) is 0 Å². The van der Waals surface area contributed by atoms with Gasteiger partial charge in [0, 0.05) is 17.5 Å². The van der Waals surface area contributed by atoms with Crippen LogP contribution in [0.2, 0.25) is 5.15 Å². The summed E-state index contributed by atoms with van der Waals surface area (Å²) in [6.45, 7) is 0. The molecule has 0 amide bonds. The molecule has 0 N–H and O–H groups in total. The van der Waals surface area contributed by atoms with Crippen LogP contribution in [0.4, 0.5) is 0 Å². The van der Waals surface area contributed by atoms with Crippen molar-refractivity contribution in [3.05, 3.63) is 45.1 Å². The molecular formula is C11H9ClN2O2S. The van der Waals surface area contributed by atoms with Gasteiger partial charge in [-0.15, -0.1) is 11.3 Å². The summed E-state index contributed by atoms with van der Waals surface area (Å²) in [5.74, 6) is 0.0581. The van der Waals surface area contributed by atoms with E-state index >= 15 is 0 Å². The number of nitrogens with zero attached hydrogens (tertiary/aromatic N) is 2. The fourth-order valence-corrected chi connectivity index (χ4v) is 2.22. The molecule has 0 fully saturated rings. The van der Waals surface area contributed by atoms with Crippen molar-refractivity contribution in [2.75, 3.05) is 7.11 Å². The molecule has 2 aromatic rings. The maximum Gasteiger partial charge on any atom is 0.342 e. The molecule has 0 aliphatic heterocycles. The van der Waals surface area contributed by atoms with Gasteiger partial charge in [-0.3, -0.25) is 0 Å². The third kappa shape index (κ3) is 2.81. The summed E-state index contributed by atoms with van der Waals surface area (Å²) in [4.78, 5) is 20.6. The van der Waals surface area contributed by atoms with E-state index in [9.17, 15) is 4.79 Å². The Morgan fingerprint density at radius 3 is 3.00 bits per heavy atom. The van der Waals surface area contributed by atoms with Crippen LogP contribution in [0.25, 0.3) is 0 Å². The number of esters is 1. The van der Waals surface area contributed by atoms with Crippen molar-refractivity contribution in [2.24, 2.45) is 0 Å². The van der Waals surface area contributed by atoms with E-state index in [0.29, 0.717) is 12.2 Å². The lowest BCUT2D eigenvalue weighted by Gasteiger charge is -2.03. The normalized spacial score (nSPS) is 10.2. The molecule has 4 nitrogen and oxygen atoms in total. The summed E-state index contributed by atoms with van der Waals surface area (Å²) in [5, 5.41) is 2.11. The van der Waals surface area contributed by atoms with Crippen molar-refractivity contribution in [2.45, 2.75) is 6.42 Å². The van der Waals surface area contributed by atoms with Crippen molar-refractivity contribution in [1.82, 2.24) is 9.97 Å². The number of carbonyl (C=O) groups is 1. The van der Waals surface area contributed by atoms with Gasteiger partial charge in [-0.05, 0) is 11.4 Å². The first kappa shape index (κ1) is 12.0. The summed E-state index contributed by atoms with van der Waals surface area (Å²) in [7, 11) is 1.29. The second-order valence-electron chi connectivity index (χ2n) is 3.24. The van der Waals surface area contributed by atoms with Gasteiger partial charge < -0.3 is 4.74 Å². The summed E-state index contributed by atoms with van der Waals surface area (Å²) < 4.78 is 4.56. The van der Waals surface area contributed by atoms with E-state index in [0.717, 1.165) is 4.88 Å². The molecule has 0 aliphatic rings. The second-order valence-corrected chi connectivity index (χ2v) is 4.63. The Morgan fingerprint density at radius 2 is 2.41 bits per heavy atom. The fraction of sp³-hybridized carbons (Fsp3) is 0.182. The summed E-state index contributed by atoms with van der Waals surface area (Å²) >= 11 is 7.52. The van der Waals surface area contributed by atoms with Crippen molar-refractivity contribution < 1.29 is 9.53 Å². The number of methoxy groups -OCH3 is 1. The Balaban J connectivity index is 2.22. The molecule has 0 saturated heterocycles. The lowest BCUT2D eigenvalue weighted by molar-refractivity contribution is 0.0600. The predicted molar refractivity (Wildman–Crippen MR) is 65.5 cm³/mol. The van der Waals surface area contributed by atoms with E-state index in [4.69, 9.17) is 11.6 Å². The van der Waals surface area contributed by atoms with Gasteiger partial charge >= 0.3 is 5.97 Å².